The van der Waals surface area contributed by atoms with Gasteiger partial charge < -0.3 is 14.9 Å². The van der Waals surface area contributed by atoms with E-state index in [1.54, 1.807) is 12.1 Å². The first-order chi connectivity index (χ1) is 6.98. The van der Waals surface area contributed by atoms with Gasteiger partial charge in [0.1, 0.15) is 0 Å². The third-order valence-corrected chi connectivity index (χ3v) is 2.35. The highest BCUT2D eigenvalue weighted by Gasteiger charge is 2.17. The number of phenolic OH excluding ortho intramolecular Hbond substituents is 1. The molecule has 0 saturated heterocycles. The third kappa shape index (κ3) is 3.13. The first-order valence-electron chi connectivity index (χ1n) is 4.95. The topological polar surface area (TPSA) is 49.7 Å². The standard InChI is InChI=1S/C12H18O3/c1-12(2,8-13)7-9-4-5-11(15-3)10(14)6-9/h4-6,13-14H,7-8H2,1-3H3. The first kappa shape index (κ1) is 11.9. The van der Waals surface area contributed by atoms with Crippen molar-refractivity contribution in [1.82, 2.24) is 0 Å². The molecule has 1 aromatic rings. The zero-order chi connectivity index (χ0) is 11.5. The van der Waals surface area contributed by atoms with Crippen molar-refractivity contribution in [2.45, 2.75) is 20.3 Å². The minimum absolute atomic E-state index is 0.125. The zero-order valence-electron chi connectivity index (χ0n) is 9.45. The van der Waals surface area contributed by atoms with E-state index >= 15 is 0 Å². The lowest BCUT2D eigenvalue weighted by Crippen LogP contribution is -2.19. The molecule has 2 N–H and O–H groups in total. The summed E-state index contributed by atoms with van der Waals surface area (Å²) in [5.41, 5.74) is 0.827. The molecule has 0 unspecified atom stereocenters. The van der Waals surface area contributed by atoms with Crippen LogP contribution in [0.1, 0.15) is 19.4 Å². The van der Waals surface area contributed by atoms with Gasteiger partial charge in [-0.15, -0.1) is 0 Å². The molecular weight excluding hydrogens is 192 g/mol. The SMILES string of the molecule is COc1ccc(CC(C)(C)CO)cc1O. The summed E-state index contributed by atoms with van der Waals surface area (Å²) in [5.74, 6) is 0.615. The van der Waals surface area contributed by atoms with E-state index in [0.717, 1.165) is 12.0 Å². The van der Waals surface area contributed by atoms with Crippen molar-refractivity contribution < 1.29 is 14.9 Å². The van der Waals surface area contributed by atoms with Gasteiger partial charge in [0.05, 0.1) is 7.11 Å². The summed E-state index contributed by atoms with van der Waals surface area (Å²) >= 11 is 0. The van der Waals surface area contributed by atoms with Gasteiger partial charge in [-0.3, -0.25) is 0 Å². The number of phenols is 1. The van der Waals surface area contributed by atoms with Gasteiger partial charge in [-0.2, -0.15) is 0 Å². The minimum Gasteiger partial charge on any atom is -0.504 e. The average molecular weight is 210 g/mol. The number of benzene rings is 1. The lowest BCUT2D eigenvalue weighted by Gasteiger charge is -2.21. The van der Waals surface area contributed by atoms with E-state index in [4.69, 9.17) is 9.84 Å². The fourth-order valence-corrected chi connectivity index (χ4v) is 1.45. The maximum atomic E-state index is 9.57. The molecule has 0 fully saturated rings. The summed E-state index contributed by atoms with van der Waals surface area (Å²) in [7, 11) is 1.52. The van der Waals surface area contributed by atoms with Crippen LogP contribution in [0.4, 0.5) is 0 Å². The number of methoxy groups -OCH3 is 1. The van der Waals surface area contributed by atoms with Crippen LogP contribution in [0.5, 0.6) is 11.5 Å². The maximum Gasteiger partial charge on any atom is 0.160 e. The van der Waals surface area contributed by atoms with E-state index in [1.165, 1.54) is 7.11 Å². The first-order valence-corrected chi connectivity index (χ1v) is 4.95. The molecule has 0 aliphatic heterocycles. The molecule has 0 radical (unpaired) electrons. The van der Waals surface area contributed by atoms with Crippen LogP contribution < -0.4 is 4.74 Å². The number of aromatic hydroxyl groups is 1. The van der Waals surface area contributed by atoms with Crippen molar-refractivity contribution >= 4 is 0 Å². The molecule has 0 spiro atoms. The van der Waals surface area contributed by atoms with Crippen LogP contribution in [-0.2, 0) is 6.42 Å². The summed E-state index contributed by atoms with van der Waals surface area (Å²) in [6, 6.07) is 5.31. The van der Waals surface area contributed by atoms with E-state index < -0.39 is 0 Å². The van der Waals surface area contributed by atoms with E-state index in [9.17, 15) is 5.11 Å². The van der Waals surface area contributed by atoms with Gasteiger partial charge in [0.2, 0.25) is 0 Å². The molecule has 1 aromatic carbocycles. The summed E-state index contributed by atoms with van der Waals surface area (Å²) in [4.78, 5) is 0. The normalized spacial score (nSPS) is 11.5. The van der Waals surface area contributed by atoms with Crippen LogP contribution in [0.2, 0.25) is 0 Å². The number of aliphatic hydroxyl groups excluding tert-OH is 1. The average Bonchev–Trinajstić information content (AvgIpc) is 2.17. The van der Waals surface area contributed by atoms with Crippen LogP contribution in [0.3, 0.4) is 0 Å². The van der Waals surface area contributed by atoms with Crippen molar-refractivity contribution in [2.24, 2.45) is 5.41 Å². The van der Waals surface area contributed by atoms with E-state index in [1.807, 2.05) is 19.9 Å². The van der Waals surface area contributed by atoms with Crippen LogP contribution >= 0.6 is 0 Å². The fourth-order valence-electron chi connectivity index (χ4n) is 1.45. The summed E-state index contributed by atoms with van der Waals surface area (Å²) in [6.45, 7) is 4.09. The Kier molecular flexibility index (Phi) is 3.58. The minimum atomic E-state index is -0.166. The lowest BCUT2D eigenvalue weighted by atomic mass is 9.87. The van der Waals surface area contributed by atoms with Gasteiger partial charge >= 0.3 is 0 Å². The van der Waals surface area contributed by atoms with Gasteiger partial charge in [0.25, 0.3) is 0 Å². The van der Waals surface area contributed by atoms with Crippen LogP contribution in [0.25, 0.3) is 0 Å². The van der Waals surface area contributed by atoms with Crippen molar-refractivity contribution in [2.75, 3.05) is 13.7 Å². The Balaban J connectivity index is 2.84. The van der Waals surface area contributed by atoms with Crippen molar-refractivity contribution in [3.63, 3.8) is 0 Å². The summed E-state index contributed by atoms with van der Waals surface area (Å²) < 4.78 is 4.96. The maximum absolute atomic E-state index is 9.57. The number of rotatable bonds is 4. The predicted octanol–water partition coefficient (Wildman–Crippen LogP) is 1.96. The number of aliphatic hydroxyl groups is 1. The molecule has 0 atom stereocenters. The molecule has 0 heterocycles. The second-order valence-electron chi connectivity index (χ2n) is 4.51. The second kappa shape index (κ2) is 4.53. The molecule has 0 aromatic heterocycles. The summed E-state index contributed by atoms with van der Waals surface area (Å²) in [6.07, 6.45) is 0.723. The number of hydrogen-bond donors (Lipinski definition) is 2. The molecular formula is C12H18O3. The van der Waals surface area contributed by atoms with Gasteiger partial charge in [-0.05, 0) is 29.5 Å². The molecule has 1 rings (SSSR count). The van der Waals surface area contributed by atoms with Crippen LogP contribution in [-0.4, -0.2) is 23.9 Å². The van der Waals surface area contributed by atoms with Gasteiger partial charge in [0, 0.05) is 6.61 Å². The van der Waals surface area contributed by atoms with Crippen LogP contribution in [0.15, 0.2) is 18.2 Å². The van der Waals surface area contributed by atoms with Crippen molar-refractivity contribution in [3.8, 4) is 11.5 Å². The molecule has 3 nitrogen and oxygen atoms in total. The lowest BCUT2D eigenvalue weighted by molar-refractivity contribution is 0.159. The Morgan fingerprint density at radius 3 is 2.47 bits per heavy atom. The quantitative estimate of drug-likeness (QED) is 0.798. The van der Waals surface area contributed by atoms with Gasteiger partial charge in [0.15, 0.2) is 11.5 Å². The zero-order valence-corrected chi connectivity index (χ0v) is 9.45. The smallest absolute Gasteiger partial charge is 0.160 e. The van der Waals surface area contributed by atoms with E-state index in [2.05, 4.69) is 0 Å². The highest BCUT2D eigenvalue weighted by Crippen LogP contribution is 2.29. The molecule has 0 bridgehead atoms. The Bertz CT molecular complexity index is 332. The number of hydrogen-bond acceptors (Lipinski definition) is 3. The number of ether oxygens (including phenoxy) is 1. The molecule has 84 valence electrons. The third-order valence-electron chi connectivity index (χ3n) is 2.35. The monoisotopic (exact) mass is 210 g/mol. The second-order valence-corrected chi connectivity index (χ2v) is 4.51. The molecule has 15 heavy (non-hydrogen) atoms. The Morgan fingerprint density at radius 2 is 2.00 bits per heavy atom. The highest BCUT2D eigenvalue weighted by atomic mass is 16.5. The predicted molar refractivity (Wildman–Crippen MR) is 59.2 cm³/mol. The highest BCUT2D eigenvalue weighted by molar-refractivity contribution is 5.41. The Morgan fingerprint density at radius 1 is 1.33 bits per heavy atom. The molecule has 0 aliphatic rings. The fraction of sp³-hybridized carbons (Fsp3) is 0.500. The van der Waals surface area contributed by atoms with Crippen molar-refractivity contribution in [3.05, 3.63) is 23.8 Å². The molecule has 3 heteroatoms. The molecule has 0 amide bonds. The largest absolute Gasteiger partial charge is 0.504 e. The molecule has 0 saturated carbocycles. The van der Waals surface area contributed by atoms with Gasteiger partial charge in [-0.1, -0.05) is 19.9 Å². The Hall–Kier alpha value is -1.22. The van der Waals surface area contributed by atoms with E-state index in [-0.39, 0.29) is 17.8 Å². The van der Waals surface area contributed by atoms with E-state index in [0.29, 0.717) is 5.75 Å². The Labute approximate surface area is 90.3 Å². The van der Waals surface area contributed by atoms with Crippen LogP contribution in [0, 0.1) is 5.41 Å². The van der Waals surface area contributed by atoms with Crippen molar-refractivity contribution in [1.29, 1.82) is 0 Å². The summed E-state index contributed by atoms with van der Waals surface area (Å²) in [5, 5.41) is 18.7. The van der Waals surface area contributed by atoms with Gasteiger partial charge in [-0.25, -0.2) is 0 Å². The molecule has 0 aliphatic carbocycles.